The van der Waals surface area contributed by atoms with Crippen molar-refractivity contribution in [2.24, 2.45) is 35.5 Å². The van der Waals surface area contributed by atoms with Crippen molar-refractivity contribution in [3.63, 3.8) is 0 Å². The van der Waals surface area contributed by atoms with Gasteiger partial charge in [0.15, 0.2) is 0 Å². The van der Waals surface area contributed by atoms with Crippen molar-refractivity contribution >= 4 is 17.2 Å². The topological polar surface area (TPSA) is 51.6 Å². The fourth-order valence-corrected chi connectivity index (χ4v) is 18.8. The Balaban J connectivity index is 1.17. The second-order valence-corrected chi connectivity index (χ2v) is 21.0. The van der Waals surface area contributed by atoms with E-state index >= 15 is 0 Å². The predicted molar refractivity (Wildman–Crippen MR) is 198 cm³/mol. The Kier molecular flexibility index (Phi) is 7.26. The van der Waals surface area contributed by atoms with Crippen LogP contribution >= 0.6 is 17.2 Å². The molecule has 2 aromatic heterocycles. The zero-order chi connectivity index (χ0) is 31.9. The molecule has 0 N–H and O–H groups in total. The maximum atomic E-state index is 4.99. The molecule has 0 aliphatic heterocycles. The summed E-state index contributed by atoms with van der Waals surface area (Å²) in [7, 11) is 3.02. The molecule has 8 aliphatic rings. The van der Waals surface area contributed by atoms with E-state index in [4.69, 9.17) is 9.97 Å². The molecule has 12 rings (SSSR count). The molecule has 4 nitrogen and oxygen atoms in total. The third kappa shape index (κ3) is 4.90. The van der Waals surface area contributed by atoms with Crippen molar-refractivity contribution in [3.05, 3.63) is 108 Å². The highest BCUT2D eigenvalue weighted by molar-refractivity contribution is 7.60. The highest BCUT2D eigenvalue weighted by Crippen LogP contribution is 2.80. The van der Waals surface area contributed by atoms with Gasteiger partial charge >= 0.3 is 0 Å². The fraction of sp³-hybridized carbons (Fsp3) is 0.524. The van der Waals surface area contributed by atoms with E-state index in [-0.39, 0.29) is 7.92 Å². The standard InChI is InChI=1S/C42H48N4P2/c47-42(38-25-43-8-10-45-38,39-26-44-9-11-46-39)37-18-35(34-4-2-1-3-5-34)6-7-36(37)27-48(40-19-28-12-29(20-40)14-30(13-28)21-40)41-22-31-15-32(23-41)17-33(16-31)24-41/h1-11,18,25-26,28-33H,12-17,19-24,27,47H2. The molecule has 0 radical (unpaired) electrons. The van der Waals surface area contributed by atoms with E-state index in [0.29, 0.717) is 10.3 Å². The van der Waals surface area contributed by atoms with Gasteiger partial charge in [0.1, 0.15) is 0 Å². The molecular weight excluding hydrogens is 622 g/mol. The van der Waals surface area contributed by atoms with Gasteiger partial charge in [-0.1, -0.05) is 50.4 Å². The van der Waals surface area contributed by atoms with Gasteiger partial charge in [-0.2, -0.15) is 0 Å². The Morgan fingerprint density at radius 2 is 1.08 bits per heavy atom. The molecule has 6 heteroatoms. The molecule has 0 saturated heterocycles. The minimum absolute atomic E-state index is 0.232. The number of benzene rings is 2. The smallest absolute Gasteiger partial charge is 0.0967 e. The van der Waals surface area contributed by atoms with Crippen LogP contribution in [0.3, 0.4) is 0 Å². The number of hydrogen-bond donors (Lipinski definition) is 0. The third-order valence-electron chi connectivity index (χ3n) is 14.1. The molecule has 1 unspecified atom stereocenters. The highest BCUT2D eigenvalue weighted by Gasteiger charge is 2.62. The van der Waals surface area contributed by atoms with E-state index in [0.717, 1.165) is 46.9 Å². The largest absolute Gasteiger partial charge is 0.261 e. The maximum absolute atomic E-state index is 4.99. The number of aromatic nitrogens is 4. The van der Waals surface area contributed by atoms with E-state index in [1.54, 1.807) is 12.4 Å². The Hall–Kier alpha value is -2.54. The lowest BCUT2D eigenvalue weighted by Crippen LogP contribution is -2.56. The van der Waals surface area contributed by atoms with E-state index in [1.807, 2.05) is 24.8 Å². The summed E-state index contributed by atoms with van der Waals surface area (Å²) >= 11 is 0. The van der Waals surface area contributed by atoms with Crippen LogP contribution in [0.5, 0.6) is 0 Å². The number of rotatable bonds is 8. The van der Waals surface area contributed by atoms with Crippen LogP contribution < -0.4 is 0 Å². The molecule has 2 heterocycles. The summed E-state index contributed by atoms with van der Waals surface area (Å²) in [6.07, 6.45) is 30.6. The van der Waals surface area contributed by atoms with Crippen LogP contribution in [-0.4, -0.2) is 30.2 Å². The first kappa shape index (κ1) is 30.3. The van der Waals surface area contributed by atoms with Crippen molar-refractivity contribution in [3.8, 4) is 11.1 Å². The van der Waals surface area contributed by atoms with Gasteiger partial charge in [0, 0.05) is 24.8 Å². The van der Waals surface area contributed by atoms with Gasteiger partial charge in [-0.25, -0.2) is 0 Å². The van der Waals surface area contributed by atoms with Crippen molar-refractivity contribution in [1.82, 2.24) is 19.9 Å². The second-order valence-electron chi connectivity index (χ2n) is 17.1. The van der Waals surface area contributed by atoms with E-state index in [2.05, 4.69) is 67.7 Å². The minimum Gasteiger partial charge on any atom is -0.261 e. The van der Waals surface area contributed by atoms with E-state index in [9.17, 15) is 0 Å². The van der Waals surface area contributed by atoms with Gasteiger partial charge in [0.2, 0.25) is 0 Å². The van der Waals surface area contributed by atoms with Gasteiger partial charge in [0.05, 0.1) is 28.9 Å². The zero-order valence-corrected chi connectivity index (χ0v) is 30.1. The Labute approximate surface area is 289 Å². The molecule has 48 heavy (non-hydrogen) atoms. The Morgan fingerprint density at radius 3 is 1.52 bits per heavy atom. The maximum Gasteiger partial charge on any atom is 0.0967 e. The first-order chi connectivity index (χ1) is 23.5. The lowest BCUT2D eigenvalue weighted by atomic mass is 9.55. The summed E-state index contributed by atoms with van der Waals surface area (Å²) in [5.74, 6) is 5.89. The lowest BCUT2D eigenvalue weighted by molar-refractivity contribution is 0.0184. The summed E-state index contributed by atoms with van der Waals surface area (Å²) in [6.45, 7) is 0. The van der Waals surface area contributed by atoms with E-state index in [1.165, 1.54) is 105 Å². The quantitative estimate of drug-likeness (QED) is 0.175. The summed E-state index contributed by atoms with van der Waals surface area (Å²) in [6, 6.07) is 18.3. The number of nitrogens with zero attached hydrogens (tertiary/aromatic N) is 4. The van der Waals surface area contributed by atoms with Crippen LogP contribution in [0, 0.1) is 35.5 Å². The Morgan fingerprint density at radius 1 is 0.604 bits per heavy atom. The van der Waals surface area contributed by atoms with Crippen LogP contribution in [0.4, 0.5) is 0 Å². The zero-order valence-electron chi connectivity index (χ0n) is 28.1. The second kappa shape index (κ2) is 11.5. The number of hydrogen-bond acceptors (Lipinski definition) is 4. The third-order valence-corrected chi connectivity index (χ3v) is 19.0. The molecule has 0 amide bonds. The lowest BCUT2D eigenvalue weighted by Gasteiger charge is -2.67. The molecule has 8 saturated carbocycles. The fourth-order valence-electron chi connectivity index (χ4n) is 13.1. The molecule has 246 valence electrons. The van der Waals surface area contributed by atoms with Gasteiger partial charge in [0.25, 0.3) is 0 Å². The van der Waals surface area contributed by atoms with Crippen molar-refractivity contribution in [2.45, 2.75) is 98.7 Å². The monoisotopic (exact) mass is 670 g/mol. The molecule has 0 spiro atoms. The molecule has 8 aliphatic carbocycles. The van der Waals surface area contributed by atoms with Gasteiger partial charge in [-0.15, -0.1) is 9.24 Å². The summed E-state index contributed by atoms with van der Waals surface area (Å²) in [5, 5.41) is 0.466. The molecule has 4 aromatic rings. The van der Waals surface area contributed by atoms with Crippen LogP contribution in [0.25, 0.3) is 11.1 Å². The highest BCUT2D eigenvalue weighted by atomic mass is 31.1. The molecule has 8 bridgehead atoms. The molecule has 2 aromatic carbocycles. The first-order valence-electron chi connectivity index (χ1n) is 18.8. The van der Waals surface area contributed by atoms with Crippen molar-refractivity contribution in [2.75, 3.05) is 0 Å². The molecule has 8 fully saturated rings. The van der Waals surface area contributed by atoms with Gasteiger partial charge < -0.3 is 0 Å². The first-order valence-corrected chi connectivity index (χ1v) is 20.9. The summed E-state index contributed by atoms with van der Waals surface area (Å²) in [4.78, 5) is 19.2. The SMILES string of the molecule is PC(c1cnccn1)(c1cnccn1)c1cc(-c2ccccc2)ccc1CP(C12CC3CC(CC(C3)C1)C2)C12CC3CC(CC(C3)C1)C2. The van der Waals surface area contributed by atoms with Crippen LogP contribution in [-0.2, 0) is 11.3 Å². The average molecular weight is 671 g/mol. The normalized spacial score (nSPS) is 35.2. The van der Waals surface area contributed by atoms with Gasteiger partial charge in [-0.05, 0) is 157 Å². The van der Waals surface area contributed by atoms with Crippen molar-refractivity contribution in [1.29, 1.82) is 0 Å². The average Bonchev–Trinajstić information content (AvgIpc) is 3.10. The summed E-state index contributed by atoms with van der Waals surface area (Å²) in [5.41, 5.74) is 7.16. The van der Waals surface area contributed by atoms with Gasteiger partial charge in [-0.3, -0.25) is 19.9 Å². The van der Waals surface area contributed by atoms with E-state index < -0.39 is 5.16 Å². The predicted octanol–water partition coefficient (Wildman–Crippen LogP) is 10.0. The van der Waals surface area contributed by atoms with Crippen LogP contribution in [0.15, 0.2) is 85.7 Å². The molecular formula is C42H48N4P2. The minimum atomic E-state index is -0.660. The summed E-state index contributed by atoms with van der Waals surface area (Å²) < 4.78 is 0. The van der Waals surface area contributed by atoms with Crippen molar-refractivity contribution < 1.29 is 0 Å². The molecule has 1 atom stereocenters. The van der Waals surface area contributed by atoms with Crippen LogP contribution in [0.1, 0.15) is 99.6 Å². The van der Waals surface area contributed by atoms with Crippen LogP contribution in [0.2, 0.25) is 0 Å². The Bertz CT molecular complexity index is 1640.